The number of ether oxygens (including phenoxy) is 3. The molecule has 0 aliphatic carbocycles. The number of benzene rings is 3. The average Bonchev–Trinajstić information content (AvgIpc) is 3.24. The lowest BCUT2D eigenvalue weighted by Gasteiger charge is -2.26. The lowest BCUT2D eigenvalue weighted by molar-refractivity contribution is -0.140. The summed E-state index contributed by atoms with van der Waals surface area (Å²) in [5, 5.41) is 11.4. The Hall–Kier alpha value is -4.59. The van der Waals surface area contributed by atoms with Gasteiger partial charge in [0.05, 0.1) is 38.0 Å². The molecule has 1 unspecified atom stereocenters. The van der Waals surface area contributed by atoms with Crippen molar-refractivity contribution in [2.24, 2.45) is 0 Å². The molecule has 1 atom stereocenters. The summed E-state index contributed by atoms with van der Waals surface area (Å²) in [6.45, 7) is 2.80. The van der Waals surface area contributed by atoms with Crippen LogP contribution in [0.2, 0.25) is 0 Å². The highest BCUT2D eigenvalue weighted by Gasteiger charge is 2.46. The van der Waals surface area contributed by atoms with Gasteiger partial charge in [-0.2, -0.15) is 0 Å². The van der Waals surface area contributed by atoms with Gasteiger partial charge in [-0.05, 0) is 66.1 Å². The van der Waals surface area contributed by atoms with Crippen molar-refractivity contribution in [1.82, 2.24) is 4.90 Å². The van der Waals surface area contributed by atoms with Crippen LogP contribution in [0.3, 0.4) is 0 Å². The molecular formula is C32H33NO7. The number of hydrogen-bond acceptors (Lipinski definition) is 7. The molecule has 1 amide bonds. The number of likely N-dealkylation sites (tertiary alicyclic amines) is 1. The molecule has 0 spiro atoms. The minimum absolute atomic E-state index is 0.0129. The summed E-state index contributed by atoms with van der Waals surface area (Å²) in [6, 6.07) is 19.6. The number of Topliss-reactive ketones (excluding diaryl/α,β-unsaturated/α-hetero) is 1. The largest absolute Gasteiger partial charge is 0.507 e. The van der Waals surface area contributed by atoms with Crippen molar-refractivity contribution in [3.8, 4) is 11.5 Å². The van der Waals surface area contributed by atoms with E-state index in [1.165, 1.54) is 19.1 Å². The van der Waals surface area contributed by atoms with E-state index in [2.05, 4.69) is 6.92 Å². The Kier molecular flexibility index (Phi) is 9.22. The van der Waals surface area contributed by atoms with Crippen LogP contribution < -0.4 is 9.47 Å². The number of unbranched alkanes of at least 4 members (excludes halogenated alkanes) is 2. The van der Waals surface area contributed by atoms with Crippen LogP contribution in [0.5, 0.6) is 11.5 Å². The second kappa shape index (κ2) is 13.0. The van der Waals surface area contributed by atoms with Gasteiger partial charge in [-0.3, -0.25) is 9.59 Å². The molecular weight excluding hydrogens is 510 g/mol. The second-order valence-corrected chi connectivity index (χ2v) is 9.47. The van der Waals surface area contributed by atoms with E-state index < -0.39 is 23.7 Å². The maximum absolute atomic E-state index is 13.4. The van der Waals surface area contributed by atoms with E-state index in [1.807, 2.05) is 0 Å². The molecule has 3 aromatic rings. The predicted molar refractivity (Wildman–Crippen MR) is 150 cm³/mol. The standard InChI is InChI=1S/C32H33NO7/c1-4-5-6-18-40-25-16-14-22(15-17-25)29(34)27-28(24-8-7-9-26(19-24)38-2)33(31(36)30(27)35)20-21-10-12-23(13-11-21)32(37)39-3/h7-17,19,28,34H,4-6,18,20H2,1-3H3/b29-27+. The van der Waals surface area contributed by atoms with Gasteiger partial charge in [0.25, 0.3) is 11.7 Å². The molecule has 3 aromatic carbocycles. The van der Waals surface area contributed by atoms with Crippen molar-refractivity contribution >= 4 is 23.4 Å². The first-order valence-electron chi connectivity index (χ1n) is 13.2. The molecule has 8 nitrogen and oxygen atoms in total. The van der Waals surface area contributed by atoms with Crippen LogP contribution >= 0.6 is 0 Å². The number of aliphatic hydroxyl groups excluding tert-OH is 1. The summed E-state index contributed by atoms with van der Waals surface area (Å²) in [4.78, 5) is 40.0. The van der Waals surface area contributed by atoms with Crippen LogP contribution in [-0.4, -0.2) is 48.5 Å². The third kappa shape index (κ3) is 6.17. The number of ketones is 1. The van der Waals surface area contributed by atoms with Gasteiger partial charge in [0.1, 0.15) is 17.3 Å². The molecule has 208 valence electrons. The Morgan fingerprint density at radius 1 is 0.900 bits per heavy atom. The van der Waals surface area contributed by atoms with Gasteiger partial charge in [0.2, 0.25) is 0 Å². The summed E-state index contributed by atoms with van der Waals surface area (Å²) in [6.07, 6.45) is 3.13. The normalized spacial score (nSPS) is 16.2. The number of carbonyl (C=O) groups excluding carboxylic acids is 3. The Labute approximate surface area is 233 Å². The molecule has 8 heteroatoms. The van der Waals surface area contributed by atoms with Crippen molar-refractivity contribution in [2.45, 2.75) is 38.8 Å². The van der Waals surface area contributed by atoms with Crippen molar-refractivity contribution in [1.29, 1.82) is 0 Å². The number of methoxy groups -OCH3 is 2. The lowest BCUT2D eigenvalue weighted by atomic mass is 9.95. The highest BCUT2D eigenvalue weighted by molar-refractivity contribution is 6.46. The smallest absolute Gasteiger partial charge is 0.337 e. The van der Waals surface area contributed by atoms with Crippen molar-refractivity contribution < 1.29 is 33.7 Å². The first kappa shape index (κ1) is 28.4. The van der Waals surface area contributed by atoms with E-state index in [-0.39, 0.29) is 17.9 Å². The van der Waals surface area contributed by atoms with E-state index in [9.17, 15) is 19.5 Å². The number of amides is 1. The van der Waals surface area contributed by atoms with Crippen LogP contribution in [0, 0.1) is 0 Å². The zero-order valence-electron chi connectivity index (χ0n) is 22.9. The number of rotatable bonds is 11. The van der Waals surface area contributed by atoms with Crippen molar-refractivity contribution in [3.63, 3.8) is 0 Å². The first-order chi connectivity index (χ1) is 19.4. The van der Waals surface area contributed by atoms with Gasteiger partial charge in [-0.25, -0.2) is 4.79 Å². The number of aliphatic hydroxyl groups is 1. The van der Waals surface area contributed by atoms with Crippen LogP contribution in [0.25, 0.3) is 5.76 Å². The minimum atomic E-state index is -0.861. The van der Waals surface area contributed by atoms with E-state index in [1.54, 1.807) is 72.8 Å². The fraction of sp³-hybridized carbons (Fsp3) is 0.281. The third-order valence-electron chi connectivity index (χ3n) is 6.82. The molecule has 1 aliphatic heterocycles. The van der Waals surface area contributed by atoms with E-state index >= 15 is 0 Å². The summed E-state index contributed by atoms with van der Waals surface area (Å²) < 4.78 is 15.9. The predicted octanol–water partition coefficient (Wildman–Crippen LogP) is 5.67. The second-order valence-electron chi connectivity index (χ2n) is 9.47. The Bertz CT molecular complexity index is 1390. The van der Waals surface area contributed by atoms with E-state index in [4.69, 9.17) is 14.2 Å². The summed E-state index contributed by atoms with van der Waals surface area (Å²) in [7, 11) is 2.84. The monoisotopic (exact) mass is 543 g/mol. The molecule has 0 saturated carbocycles. The zero-order chi connectivity index (χ0) is 28.6. The maximum atomic E-state index is 13.4. The fourth-order valence-corrected chi connectivity index (χ4v) is 4.67. The molecule has 1 fully saturated rings. The van der Waals surface area contributed by atoms with Gasteiger partial charge >= 0.3 is 5.97 Å². The van der Waals surface area contributed by atoms with Gasteiger partial charge in [-0.1, -0.05) is 44.0 Å². The molecule has 40 heavy (non-hydrogen) atoms. The van der Waals surface area contributed by atoms with E-state index in [0.717, 1.165) is 19.3 Å². The Morgan fingerprint density at radius 2 is 1.60 bits per heavy atom. The Balaban J connectivity index is 1.70. The molecule has 1 N–H and O–H groups in total. The number of carbonyl (C=O) groups is 3. The molecule has 1 aliphatic rings. The summed E-state index contributed by atoms with van der Waals surface area (Å²) in [5.74, 6) is -1.05. The van der Waals surface area contributed by atoms with Gasteiger partial charge in [0, 0.05) is 12.1 Å². The van der Waals surface area contributed by atoms with Crippen LogP contribution in [0.4, 0.5) is 0 Å². The van der Waals surface area contributed by atoms with Crippen LogP contribution in [-0.2, 0) is 20.9 Å². The molecule has 1 heterocycles. The quantitative estimate of drug-likeness (QED) is 0.109. The highest BCUT2D eigenvalue weighted by atomic mass is 16.5. The molecule has 4 rings (SSSR count). The van der Waals surface area contributed by atoms with Crippen LogP contribution in [0.1, 0.15) is 59.3 Å². The van der Waals surface area contributed by atoms with Crippen molar-refractivity contribution in [3.05, 3.63) is 101 Å². The first-order valence-corrected chi connectivity index (χ1v) is 13.2. The third-order valence-corrected chi connectivity index (χ3v) is 6.82. The van der Waals surface area contributed by atoms with Gasteiger partial charge < -0.3 is 24.2 Å². The Morgan fingerprint density at radius 3 is 2.25 bits per heavy atom. The average molecular weight is 544 g/mol. The SMILES string of the molecule is CCCCCOc1ccc(/C(O)=C2\C(=O)C(=O)N(Cc3ccc(C(=O)OC)cc3)C2c2cccc(OC)c2)cc1. The highest BCUT2D eigenvalue weighted by Crippen LogP contribution is 2.41. The van der Waals surface area contributed by atoms with Gasteiger partial charge in [0.15, 0.2) is 0 Å². The maximum Gasteiger partial charge on any atom is 0.337 e. The zero-order valence-corrected chi connectivity index (χ0v) is 22.9. The molecule has 0 aromatic heterocycles. The molecule has 0 bridgehead atoms. The molecule has 1 saturated heterocycles. The van der Waals surface area contributed by atoms with Gasteiger partial charge in [-0.15, -0.1) is 0 Å². The lowest BCUT2D eigenvalue weighted by Crippen LogP contribution is -2.29. The topological polar surface area (TPSA) is 102 Å². The minimum Gasteiger partial charge on any atom is -0.507 e. The van der Waals surface area contributed by atoms with E-state index in [0.29, 0.717) is 40.4 Å². The molecule has 0 radical (unpaired) electrons. The summed E-state index contributed by atoms with van der Waals surface area (Å²) >= 11 is 0. The fourth-order valence-electron chi connectivity index (χ4n) is 4.67. The number of hydrogen-bond donors (Lipinski definition) is 1. The number of esters is 1. The number of nitrogens with zero attached hydrogens (tertiary/aromatic N) is 1. The summed E-state index contributed by atoms with van der Waals surface area (Å²) in [5.41, 5.74) is 2.07. The van der Waals surface area contributed by atoms with Crippen molar-refractivity contribution in [2.75, 3.05) is 20.8 Å². The van der Waals surface area contributed by atoms with Crippen LogP contribution in [0.15, 0.2) is 78.4 Å².